The van der Waals surface area contributed by atoms with Crippen molar-refractivity contribution in [2.45, 2.75) is 43.0 Å². The smallest absolute Gasteiger partial charge is 0.258 e. The van der Waals surface area contributed by atoms with Gasteiger partial charge in [0, 0.05) is 24.4 Å². The van der Waals surface area contributed by atoms with E-state index in [1.54, 1.807) is 18.3 Å². The zero-order chi connectivity index (χ0) is 17.2. The van der Waals surface area contributed by atoms with Crippen molar-refractivity contribution in [3.63, 3.8) is 0 Å². The largest absolute Gasteiger partial charge is 0.269 e. The molecule has 130 valence electrons. The lowest BCUT2D eigenvalue weighted by atomic mass is 10.0. The lowest BCUT2D eigenvalue weighted by molar-refractivity contribution is 0.531. The first-order valence-electron chi connectivity index (χ1n) is 8.39. The van der Waals surface area contributed by atoms with Crippen molar-refractivity contribution in [1.82, 2.24) is 24.6 Å². The van der Waals surface area contributed by atoms with Gasteiger partial charge in [0.05, 0.1) is 10.7 Å². The van der Waals surface area contributed by atoms with Crippen LogP contribution in [0, 0.1) is 5.92 Å². The van der Waals surface area contributed by atoms with Crippen LogP contribution in [-0.4, -0.2) is 24.6 Å². The van der Waals surface area contributed by atoms with E-state index < -0.39 is 0 Å². The molecule has 1 aliphatic rings. The average Bonchev–Trinajstić information content (AvgIpc) is 3.26. The minimum Gasteiger partial charge on any atom is -0.269 e. The summed E-state index contributed by atoms with van der Waals surface area (Å²) in [5.74, 6) is 2.24. The highest BCUT2D eigenvalue weighted by Gasteiger charge is 2.17. The van der Waals surface area contributed by atoms with Gasteiger partial charge >= 0.3 is 0 Å². The summed E-state index contributed by atoms with van der Waals surface area (Å²) < 4.78 is 1.45. The second kappa shape index (κ2) is 7.17. The summed E-state index contributed by atoms with van der Waals surface area (Å²) in [4.78, 5) is 21.2. The van der Waals surface area contributed by atoms with Gasteiger partial charge in [0.25, 0.3) is 5.56 Å². The van der Waals surface area contributed by atoms with E-state index >= 15 is 0 Å². The van der Waals surface area contributed by atoms with Crippen molar-refractivity contribution >= 4 is 29.0 Å². The highest BCUT2D eigenvalue weighted by molar-refractivity contribution is 7.98. The van der Waals surface area contributed by atoms with Gasteiger partial charge in [0.1, 0.15) is 11.5 Å². The number of nitrogens with zero attached hydrogens (tertiary/aromatic N) is 4. The van der Waals surface area contributed by atoms with E-state index in [9.17, 15) is 4.79 Å². The molecule has 0 amide bonds. The molecule has 1 fully saturated rings. The quantitative estimate of drug-likeness (QED) is 0.691. The normalized spacial score (nSPS) is 15.2. The Morgan fingerprint density at radius 3 is 2.96 bits per heavy atom. The Hall–Kier alpha value is -1.86. The van der Waals surface area contributed by atoms with Gasteiger partial charge in [-0.2, -0.15) is 0 Å². The van der Waals surface area contributed by atoms with Gasteiger partial charge in [-0.05, 0) is 18.1 Å². The fourth-order valence-corrected chi connectivity index (χ4v) is 4.13. The minimum absolute atomic E-state index is 0.139. The molecule has 8 heteroatoms. The highest BCUT2D eigenvalue weighted by Crippen LogP contribution is 2.27. The topological polar surface area (TPSA) is 75.9 Å². The Labute approximate surface area is 154 Å². The van der Waals surface area contributed by atoms with Gasteiger partial charge in [-0.25, -0.2) is 9.97 Å². The Morgan fingerprint density at radius 1 is 1.28 bits per heavy atom. The predicted molar refractivity (Wildman–Crippen MR) is 98.1 cm³/mol. The monoisotopic (exact) mass is 375 g/mol. The van der Waals surface area contributed by atoms with Crippen LogP contribution in [-0.2, 0) is 12.2 Å². The molecule has 1 N–H and O–H groups in total. The van der Waals surface area contributed by atoms with Crippen LogP contribution in [0.4, 0.5) is 0 Å². The van der Waals surface area contributed by atoms with Crippen molar-refractivity contribution in [3.8, 4) is 0 Å². The molecule has 0 unspecified atom stereocenters. The number of hydrogen-bond acceptors (Lipinski definition) is 5. The summed E-state index contributed by atoms with van der Waals surface area (Å²) in [7, 11) is 0. The molecular formula is C17H18ClN5OS. The summed E-state index contributed by atoms with van der Waals surface area (Å²) in [5.41, 5.74) is 1.16. The van der Waals surface area contributed by atoms with Crippen LogP contribution in [0.25, 0.3) is 5.65 Å². The third-order valence-electron chi connectivity index (χ3n) is 4.49. The molecule has 0 bridgehead atoms. The van der Waals surface area contributed by atoms with Crippen molar-refractivity contribution in [2.75, 3.05) is 0 Å². The number of H-pyrrole nitrogens is 1. The Kier molecular flexibility index (Phi) is 4.76. The maximum Gasteiger partial charge on any atom is 0.258 e. The first kappa shape index (κ1) is 16.6. The second-order valence-electron chi connectivity index (χ2n) is 6.37. The van der Waals surface area contributed by atoms with Gasteiger partial charge in [0.15, 0.2) is 0 Å². The van der Waals surface area contributed by atoms with Gasteiger partial charge in [-0.15, -0.1) is 5.10 Å². The Bertz CT molecular complexity index is 948. The molecule has 0 atom stereocenters. The van der Waals surface area contributed by atoms with Crippen LogP contribution in [0.2, 0.25) is 5.02 Å². The number of rotatable bonds is 5. The predicted octanol–water partition coefficient (Wildman–Crippen LogP) is 3.49. The standard InChI is InChI=1S/C17H18ClN5OS/c18-12-5-6-15-19-13(8-16(24)23(15)9-12)10-25-17-20-14(21-22-17)7-11-3-1-2-4-11/h5-6,8-9,11H,1-4,7,10H2,(H,20,21,22). The third kappa shape index (κ3) is 3.88. The van der Waals surface area contributed by atoms with Crippen molar-refractivity contribution in [2.24, 2.45) is 5.92 Å². The molecule has 4 rings (SSSR count). The SMILES string of the molecule is O=c1cc(CSc2n[nH]c(CC3CCCC3)n2)nc2ccc(Cl)cn12. The summed E-state index contributed by atoms with van der Waals surface area (Å²) in [6.45, 7) is 0. The molecule has 25 heavy (non-hydrogen) atoms. The molecule has 0 radical (unpaired) electrons. The Morgan fingerprint density at radius 2 is 2.12 bits per heavy atom. The van der Waals surface area contributed by atoms with Crippen molar-refractivity contribution in [1.29, 1.82) is 0 Å². The maximum atomic E-state index is 12.2. The highest BCUT2D eigenvalue weighted by atomic mass is 35.5. The van der Waals surface area contributed by atoms with Gasteiger partial charge in [0.2, 0.25) is 5.16 Å². The number of halogens is 1. The number of fused-ring (bicyclic) bond motifs is 1. The number of nitrogens with one attached hydrogen (secondary N) is 1. The summed E-state index contributed by atoms with van der Waals surface area (Å²) in [6, 6.07) is 5.00. The van der Waals surface area contributed by atoms with E-state index in [0.29, 0.717) is 27.3 Å². The summed E-state index contributed by atoms with van der Waals surface area (Å²) >= 11 is 7.41. The molecule has 1 saturated carbocycles. The number of aromatic amines is 1. The lowest BCUT2D eigenvalue weighted by Gasteiger charge is -2.04. The fourth-order valence-electron chi connectivity index (χ4n) is 3.26. The van der Waals surface area contributed by atoms with E-state index in [2.05, 4.69) is 20.2 Å². The molecule has 3 aromatic rings. The van der Waals surface area contributed by atoms with Crippen LogP contribution in [0.15, 0.2) is 34.3 Å². The van der Waals surface area contributed by atoms with Crippen LogP contribution in [0.5, 0.6) is 0 Å². The molecule has 3 heterocycles. The number of thioether (sulfide) groups is 1. The van der Waals surface area contributed by atoms with Crippen LogP contribution >= 0.6 is 23.4 Å². The molecular weight excluding hydrogens is 358 g/mol. The molecule has 0 saturated heterocycles. The molecule has 0 spiro atoms. The van der Waals surface area contributed by atoms with Gasteiger partial charge in [-0.3, -0.25) is 14.3 Å². The summed E-state index contributed by atoms with van der Waals surface area (Å²) in [5, 5.41) is 8.51. The van der Waals surface area contributed by atoms with E-state index in [-0.39, 0.29) is 5.56 Å². The minimum atomic E-state index is -0.139. The first-order valence-corrected chi connectivity index (χ1v) is 9.76. The third-order valence-corrected chi connectivity index (χ3v) is 5.60. The fraction of sp³-hybridized carbons (Fsp3) is 0.412. The first-order chi connectivity index (χ1) is 12.2. The second-order valence-corrected chi connectivity index (χ2v) is 7.75. The Balaban J connectivity index is 1.44. The summed E-state index contributed by atoms with van der Waals surface area (Å²) in [6.07, 6.45) is 7.79. The molecule has 1 aliphatic carbocycles. The molecule has 6 nitrogen and oxygen atoms in total. The zero-order valence-electron chi connectivity index (χ0n) is 13.6. The number of aromatic nitrogens is 5. The molecule has 3 aromatic heterocycles. The van der Waals surface area contributed by atoms with E-state index in [0.717, 1.165) is 18.2 Å². The van der Waals surface area contributed by atoms with Crippen LogP contribution < -0.4 is 5.56 Å². The average molecular weight is 376 g/mol. The van der Waals surface area contributed by atoms with Gasteiger partial charge in [-0.1, -0.05) is 49.0 Å². The number of hydrogen-bond donors (Lipinski definition) is 1. The van der Waals surface area contributed by atoms with Crippen LogP contribution in [0.1, 0.15) is 37.2 Å². The van der Waals surface area contributed by atoms with Crippen molar-refractivity contribution in [3.05, 3.63) is 51.3 Å². The molecule has 0 aliphatic heterocycles. The zero-order valence-corrected chi connectivity index (χ0v) is 15.2. The van der Waals surface area contributed by atoms with E-state index in [1.165, 1.54) is 47.9 Å². The lowest BCUT2D eigenvalue weighted by Crippen LogP contribution is -2.15. The number of pyridine rings is 1. The van der Waals surface area contributed by atoms with E-state index in [4.69, 9.17) is 11.6 Å². The molecule has 0 aromatic carbocycles. The van der Waals surface area contributed by atoms with Gasteiger partial charge < -0.3 is 0 Å². The van der Waals surface area contributed by atoms with Crippen LogP contribution in [0.3, 0.4) is 0 Å². The van der Waals surface area contributed by atoms with Crippen molar-refractivity contribution < 1.29 is 0 Å². The van der Waals surface area contributed by atoms with E-state index in [1.807, 2.05) is 0 Å². The maximum absolute atomic E-state index is 12.2.